The number of nitrogens with zero attached hydrogens (tertiary/aromatic N) is 3. The minimum absolute atomic E-state index is 0.0728. The van der Waals surface area contributed by atoms with Crippen LogP contribution >= 0.6 is 0 Å². The molecular weight excluding hydrogens is 408 g/mol. The van der Waals surface area contributed by atoms with Gasteiger partial charge >= 0.3 is 6.03 Å². The van der Waals surface area contributed by atoms with Gasteiger partial charge in [0, 0.05) is 72.0 Å². The summed E-state index contributed by atoms with van der Waals surface area (Å²) in [6, 6.07) is 8.69. The van der Waals surface area contributed by atoms with Crippen molar-refractivity contribution >= 4 is 11.9 Å². The summed E-state index contributed by atoms with van der Waals surface area (Å²) < 4.78 is 10.7. The predicted molar refractivity (Wildman–Crippen MR) is 124 cm³/mol. The predicted octanol–water partition coefficient (Wildman–Crippen LogP) is 1.98. The van der Waals surface area contributed by atoms with Crippen LogP contribution in [0.25, 0.3) is 0 Å². The Kier molecular flexibility index (Phi) is 9.17. The zero-order chi connectivity index (χ0) is 22.9. The van der Waals surface area contributed by atoms with E-state index in [-0.39, 0.29) is 11.9 Å². The largest absolute Gasteiger partial charge is 0.497 e. The molecule has 0 aromatic heterocycles. The van der Waals surface area contributed by atoms with Crippen LogP contribution in [0.5, 0.6) is 5.75 Å². The number of aryl methyl sites for hydroxylation is 1. The molecule has 3 rings (SSSR count). The summed E-state index contributed by atoms with van der Waals surface area (Å²) in [5, 5.41) is 3.10. The molecule has 3 amide bonds. The van der Waals surface area contributed by atoms with Gasteiger partial charge in [-0.15, -0.1) is 0 Å². The molecule has 0 bridgehead atoms. The third kappa shape index (κ3) is 6.84. The summed E-state index contributed by atoms with van der Waals surface area (Å²) in [6.45, 7) is 4.52. The molecule has 0 spiro atoms. The van der Waals surface area contributed by atoms with Crippen LogP contribution in [-0.4, -0.2) is 99.3 Å². The highest BCUT2D eigenvalue weighted by molar-refractivity contribution is 5.76. The topological polar surface area (TPSA) is 74.3 Å². The Bertz CT molecular complexity index is 734. The number of likely N-dealkylation sites (tertiary alicyclic amines) is 1. The summed E-state index contributed by atoms with van der Waals surface area (Å²) in [7, 11) is 5.25. The second-order valence-electron chi connectivity index (χ2n) is 8.84. The molecular formula is C24H38N4O4. The highest BCUT2D eigenvalue weighted by atomic mass is 16.5. The summed E-state index contributed by atoms with van der Waals surface area (Å²) in [6.07, 6.45) is 4.16. The first kappa shape index (κ1) is 24.3. The molecule has 0 aliphatic carbocycles. The highest BCUT2D eigenvalue weighted by Crippen LogP contribution is 2.23. The maximum atomic E-state index is 12.4. The van der Waals surface area contributed by atoms with Crippen molar-refractivity contribution in [3.8, 4) is 5.75 Å². The number of hydrogen-bond acceptors (Lipinski definition) is 5. The number of carbonyl (C=O) groups is 2. The second-order valence-corrected chi connectivity index (χ2v) is 8.84. The first-order chi connectivity index (χ1) is 15.5. The van der Waals surface area contributed by atoms with E-state index in [0.717, 1.165) is 63.4 Å². The first-order valence-corrected chi connectivity index (χ1v) is 11.7. The third-order valence-electron chi connectivity index (χ3n) is 6.44. The number of methoxy groups -OCH3 is 1. The zero-order valence-electron chi connectivity index (χ0n) is 19.7. The van der Waals surface area contributed by atoms with Gasteiger partial charge in [0.25, 0.3) is 0 Å². The fourth-order valence-corrected chi connectivity index (χ4v) is 4.61. The monoisotopic (exact) mass is 446 g/mol. The Morgan fingerprint density at radius 1 is 1.12 bits per heavy atom. The minimum atomic E-state index is 0.0728. The fraction of sp³-hybridized carbons (Fsp3) is 0.667. The van der Waals surface area contributed by atoms with Crippen LogP contribution in [0.15, 0.2) is 24.3 Å². The molecule has 8 nitrogen and oxygen atoms in total. The molecule has 2 heterocycles. The van der Waals surface area contributed by atoms with Crippen LogP contribution < -0.4 is 10.1 Å². The van der Waals surface area contributed by atoms with E-state index >= 15 is 0 Å². The van der Waals surface area contributed by atoms with Crippen LogP contribution in [0.4, 0.5) is 4.79 Å². The molecule has 1 aromatic rings. The molecule has 8 heteroatoms. The van der Waals surface area contributed by atoms with Crippen LogP contribution in [-0.2, 0) is 16.0 Å². The lowest BCUT2D eigenvalue weighted by Gasteiger charge is -2.38. The highest BCUT2D eigenvalue weighted by Gasteiger charge is 2.34. The summed E-state index contributed by atoms with van der Waals surface area (Å²) in [5.74, 6) is 0.896. The van der Waals surface area contributed by atoms with Crippen molar-refractivity contribution in [2.75, 3.05) is 60.6 Å². The van der Waals surface area contributed by atoms with E-state index in [9.17, 15) is 9.59 Å². The zero-order valence-corrected chi connectivity index (χ0v) is 19.7. The second kappa shape index (κ2) is 12.1. The van der Waals surface area contributed by atoms with Gasteiger partial charge in [0.1, 0.15) is 5.75 Å². The van der Waals surface area contributed by atoms with Crippen molar-refractivity contribution in [2.45, 2.75) is 44.2 Å². The average molecular weight is 447 g/mol. The fourth-order valence-electron chi connectivity index (χ4n) is 4.61. The van der Waals surface area contributed by atoms with E-state index in [1.54, 1.807) is 26.1 Å². The molecule has 178 valence electrons. The van der Waals surface area contributed by atoms with Gasteiger partial charge in [-0.2, -0.15) is 0 Å². The molecule has 1 atom stereocenters. The van der Waals surface area contributed by atoms with Gasteiger partial charge in [-0.05, 0) is 43.4 Å². The molecule has 32 heavy (non-hydrogen) atoms. The first-order valence-electron chi connectivity index (χ1n) is 11.7. The smallest absolute Gasteiger partial charge is 0.319 e. The molecule has 1 aromatic carbocycles. The summed E-state index contributed by atoms with van der Waals surface area (Å²) >= 11 is 0. The minimum Gasteiger partial charge on any atom is -0.497 e. The van der Waals surface area contributed by atoms with E-state index in [4.69, 9.17) is 9.47 Å². The normalized spacial score (nSPS) is 19.2. The van der Waals surface area contributed by atoms with Gasteiger partial charge in [-0.1, -0.05) is 12.1 Å². The van der Waals surface area contributed by atoms with E-state index in [1.165, 1.54) is 0 Å². The lowest BCUT2D eigenvalue weighted by Crippen LogP contribution is -2.50. The van der Waals surface area contributed by atoms with Gasteiger partial charge in [0.15, 0.2) is 0 Å². The van der Waals surface area contributed by atoms with E-state index in [0.29, 0.717) is 31.5 Å². The SMILES string of the molecule is COc1ccc(CCC(=O)NCCN(C2CCOCC2)C2CCN(C(=O)N(C)C)C2)cc1. The number of urea groups is 1. The molecule has 2 saturated heterocycles. The van der Waals surface area contributed by atoms with Crippen molar-refractivity contribution in [1.82, 2.24) is 20.0 Å². The van der Waals surface area contributed by atoms with Gasteiger partial charge < -0.3 is 24.6 Å². The maximum absolute atomic E-state index is 12.4. The van der Waals surface area contributed by atoms with Gasteiger partial charge in [0.2, 0.25) is 5.91 Å². The van der Waals surface area contributed by atoms with E-state index in [2.05, 4.69) is 10.2 Å². The van der Waals surface area contributed by atoms with Crippen molar-refractivity contribution in [2.24, 2.45) is 0 Å². The lowest BCUT2D eigenvalue weighted by molar-refractivity contribution is -0.121. The average Bonchev–Trinajstić information content (AvgIpc) is 3.30. The Labute approximate surface area is 191 Å². The Morgan fingerprint density at radius 2 is 1.84 bits per heavy atom. The number of amides is 3. The van der Waals surface area contributed by atoms with E-state index < -0.39 is 0 Å². The van der Waals surface area contributed by atoms with Crippen LogP contribution in [0.1, 0.15) is 31.2 Å². The molecule has 1 unspecified atom stereocenters. The lowest BCUT2D eigenvalue weighted by atomic mass is 10.0. The van der Waals surface area contributed by atoms with E-state index in [1.807, 2.05) is 29.2 Å². The summed E-state index contributed by atoms with van der Waals surface area (Å²) in [5.41, 5.74) is 1.13. The maximum Gasteiger partial charge on any atom is 0.319 e. The van der Waals surface area contributed by atoms with Crippen LogP contribution in [0.2, 0.25) is 0 Å². The number of rotatable bonds is 9. The standard InChI is InChI=1S/C24H38N4O4/c1-26(2)24(30)27-14-10-21(18-27)28(20-11-16-32-17-12-20)15-13-25-23(29)9-6-19-4-7-22(31-3)8-5-19/h4-5,7-8,20-21H,6,9-18H2,1-3H3,(H,25,29). The number of carbonyl (C=O) groups excluding carboxylic acids is 2. The molecule has 0 radical (unpaired) electrons. The Balaban J connectivity index is 1.48. The van der Waals surface area contributed by atoms with Gasteiger partial charge in [0.05, 0.1) is 7.11 Å². The number of nitrogens with one attached hydrogen (secondary N) is 1. The third-order valence-corrected chi connectivity index (χ3v) is 6.44. The summed E-state index contributed by atoms with van der Waals surface area (Å²) in [4.78, 5) is 30.9. The molecule has 2 aliphatic rings. The van der Waals surface area contributed by atoms with Crippen LogP contribution in [0, 0.1) is 0 Å². The van der Waals surface area contributed by atoms with Crippen molar-refractivity contribution in [3.05, 3.63) is 29.8 Å². The number of hydrogen-bond donors (Lipinski definition) is 1. The Morgan fingerprint density at radius 3 is 2.50 bits per heavy atom. The van der Waals surface area contributed by atoms with Crippen LogP contribution in [0.3, 0.4) is 0 Å². The molecule has 1 N–H and O–H groups in total. The van der Waals surface area contributed by atoms with Gasteiger partial charge in [-0.3, -0.25) is 9.69 Å². The van der Waals surface area contributed by atoms with Crippen molar-refractivity contribution in [1.29, 1.82) is 0 Å². The van der Waals surface area contributed by atoms with Crippen molar-refractivity contribution in [3.63, 3.8) is 0 Å². The van der Waals surface area contributed by atoms with Crippen molar-refractivity contribution < 1.29 is 19.1 Å². The molecule has 2 fully saturated rings. The van der Waals surface area contributed by atoms with Gasteiger partial charge in [-0.25, -0.2) is 4.79 Å². The molecule has 2 aliphatic heterocycles. The number of benzene rings is 1. The quantitative estimate of drug-likeness (QED) is 0.628. The Hall–Kier alpha value is -2.32. The number of ether oxygens (including phenoxy) is 2. The molecule has 0 saturated carbocycles.